The minimum Gasteiger partial charge on any atom is -0.405 e. The lowest BCUT2D eigenvalue weighted by molar-refractivity contribution is -0.274. The molecule has 2 N–H and O–H groups in total. The van der Waals surface area contributed by atoms with Crippen LogP contribution in [0.15, 0.2) is 65.6 Å². The molecule has 33 heavy (non-hydrogen) atoms. The van der Waals surface area contributed by atoms with Crippen LogP contribution in [0.1, 0.15) is 31.8 Å². The first-order chi connectivity index (χ1) is 15.4. The van der Waals surface area contributed by atoms with Gasteiger partial charge >= 0.3 is 6.36 Å². The molecular weight excluding hydrogens is 459 g/mol. The van der Waals surface area contributed by atoms with Crippen LogP contribution in [-0.4, -0.2) is 26.8 Å². The third-order valence-electron chi connectivity index (χ3n) is 4.81. The predicted molar refractivity (Wildman–Crippen MR) is 115 cm³/mol. The zero-order chi connectivity index (χ0) is 24.4. The van der Waals surface area contributed by atoms with Crippen LogP contribution >= 0.6 is 0 Å². The number of ether oxygens (including phenoxy) is 1. The molecule has 0 saturated carbocycles. The van der Waals surface area contributed by atoms with Gasteiger partial charge in [-0.05, 0) is 41.8 Å². The van der Waals surface area contributed by atoms with Gasteiger partial charge in [0.2, 0.25) is 10.0 Å². The van der Waals surface area contributed by atoms with E-state index in [1.165, 1.54) is 54.6 Å². The van der Waals surface area contributed by atoms with E-state index >= 15 is 0 Å². The van der Waals surface area contributed by atoms with Crippen molar-refractivity contribution in [1.82, 2.24) is 0 Å². The number of carbonyl (C=O) groups excluding carboxylic acids is 2. The molecule has 0 spiro atoms. The van der Waals surface area contributed by atoms with Gasteiger partial charge in [-0.2, -0.15) is 0 Å². The molecule has 0 aromatic heterocycles. The van der Waals surface area contributed by atoms with Gasteiger partial charge in [0.15, 0.2) is 12.1 Å². The van der Waals surface area contributed by atoms with Gasteiger partial charge in [-0.3, -0.25) is 9.59 Å². The van der Waals surface area contributed by atoms with E-state index in [9.17, 15) is 31.2 Å². The Bertz CT molecular complexity index is 1330. The molecule has 3 rings (SSSR count). The molecule has 172 valence electrons. The molecule has 0 heterocycles. The van der Waals surface area contributed by atoms with E-state index in [0.29, 0.717) is 17.4 Å². The molecule has 0 aliphatic heterocycles. The van der Waals surface area contributed by atoms with Gasteiger partial charge in [0, 0.05) is 23.1 Å². The summed E-state index contributed by atoms with van der Waals surface area (Å²) in [6.07, 6.45) is -4.55. The van der Waals surface area contributed by atoms with Gasteiger partial charge in [0.25, 0.3) is 0 Å². The third-order valence-corrected chi connectivity index (χ3v) is 5.89. The second-order valence-electron chi connectivity index (χ2n) is 7.21. The van der Waals surface area contributed by atoms with Gasteiger partial charge in [-0.25, -0.2) is 13.6 Å². The molecule has 6 nitrogen and oxygen atoms in total. The molecule has 0 aliphatic carbocycles. The van der Waals surface area contributed by atoms with Gasteiger partial charge in [0.1, 0.15) is 5.75 Å². The summed E-state index contributed by atoms with van der Waals surface area (Å²) in [5.74, 6) is -0.843. The molecule has 3 aromatic carbocycles. The Kier molecular flexibility index (Phi) is 6.71. The lowest BCUT2D eigenvalue weighted by Gasteiger charge is -2.15. The van der Waals surface area contributed by atoms with Crippen molar-refractivity contribution < 1.29 is 35.9 Å². The number of nitrogens with two attached hydrogens (primary N) is 1. The number of halogens is 3. The van der Waals surface area contributed by atoms with E-state index in [-0.39, 0.29) is 39.4 Å². The summed E-state index contributed by atoms with van der Waals surface area (Å²) in [7, 11) is -3.89. The van der Waals surface area contributed by atoms with Crippen LogP contribution in [-0.2, 0) is 16.4 Å². The van der Waals surface area contributed by atoms with Crippen molar-refractivity contribution in [3.63, 3.8) is 0 Å². The number of benzene rings is 3. The number of hydrogen-bond acceptors (Lipinski definition) is 5. The minimum atomic E-state index is -4.91. The lowest BCUT2D eigenvalue weighted by Crippen LogP contribution is -2.17. The van der Waals surface area contributed by atoms with Crippen LogP contribution < -0.4 is 9.88 Å². The lowest BCUT2D eigenvalue weighted by atomic mass is 9.94. The molecule has 0 aliphatic rings. The number of alkyl halides is 3. The van der Waals surface area contributed by atoms with E-state index in [1.54, 1.807) is 6.92 Å². The highest BCUT2D eigenvalue weighted by atomic mass is 32.2. The maximum absolute atomic E-state index is 12.7. The molecule has 0 radical (unpaired) electrons. The topological polar surface area (TPSA) is 104 Å². The van der Waals surface area contributed by atoms with Crippen molar-refractivity contribution in [1.29, 1.82) is 0 Å². The zero-order valence-electron chi connectivity index (χ0n) is 17.2. The second kappa shape index (κ2) is 9.16. The molecule has 0 fully saturated rings. The molecule has 0 unspecified atom stereocenters. The Morgan fingerprint density at radius 3 is 2.33 bits per heavy atom. The van der Waals surface area contributed by atoms with E-state index in [0.717, 1.165) is 6.07 Å². The fourth-order valence-electron chi connectivity index (χ4n) is 3.41. The Morgan fingerprint density at radius 2 is 1.73 bits per heavy atom. The summed E-state index contributed by atoms with van der Waals surface area (Å²) in [5.41, 5.74) is 1.32. The fourth-order valence-corrected chi connectivity index (χ4v) is 4.18. The second-order valence-corrected chi connectivity index (χ2v) is 8.74. The summed E-state index contributed by atoms with van der Waals surface area (Å²) >= 11 is 0. The van der Waals surface area contributed by atoms with E-state index in [2.05, 4.69) is 4.74 Å². The van der Waals surface area contributed by atoms with Crippen LogP contribution in [0, 0.1) is 6.92 Å². The van der Waals surface area contributed by atoms with E-state index < -0.39 is 22.1 Å². The van der Waals surface area contributed by atoms with Crippen LogP contribution in [0.3, 0.4) is 0 Å². The number of rotatable bonds is 7. The van der Waals surface area contributed by atoms with Crippen LogP contribution in [0.4, 0.5) is 13.2 Å². The normalized spacial score (nSPS) is 11.8. The minimum absolute atomic E-state index is 0.0137. The zero-order valence-corrected chi connectivity index (χ0v) is 18.0. The Labute approximate surface area is 187 Å². The molecule has 10 heteroatoms. The smallest absolute Gasteiger partial charge is 0.405 e. The number of primary sulfonamides is 1. The standard InChI is InChI=1S/C23H18F3NO5S/c1-14-10-15(6-9-22(14)33(27,30)31)11-20(29)16-7-8-18(17(12-16)13-28)19-4-2-3-5-21(19)32-23(24,25)26/h2-10,12-13H,11H2,1H3,(H2,27,30,31). The summed E-state index contributed by atoms with van der Waals surface area (Å²) in [5, 5.41) is 5.14. The van der Waals surface area contributed by atoms with E-state index in [4.69, 9.17) is 5.14 Å². The maximum atomic E-state index is 12.7. The summed E-state index contributed by atoms with van der Waals surface area (Å²) in [6, 6.07) is 13.7. The number of aryl methyl sites for hydroxylation is 1. The number of carbonyl (C=O) groups is 2. The van der Waals surface area contributed by atoms with Crippen LogP contribution in [0.5, 0.6) is 5.75 Å². The van der Waals surface area contributed by atoms with Crippen molar-refractivity contribution in [3.05, 3.63) is 82.9 Å². The van der Waals surface area contributed by atoms with Crippen molar-refractivity contribution in [2.45, 2.75) is 24.6 Å². The number of Topliss-reactive ketones (excluding diaryl/α,β-unsaturated/α-hetero) is 1. The number of para-hydroxylation sites is 1. The third kappa shape index (κ3) is 5.85. The number of aldehydes is 1. The first-order valence-electron chi connectivity index (χ1n) is 9.49. The predicted octanol–water partition coefficient (Wildman–Crippen LogP) is 4.45. The molecule has 0 amide bonds. The van der Waals surface area contributed by atoms with Gasteiger partial charge < -0.3 is 4.74 Å². The van der Waals surface area contributed by atoms with E-state index in [1.807, 2.05) is 0 Å². The van der Waals surface area contributed by atoms with Crippen molar-refractivity contribution in [3.8, 4) is 16.9 Å². The van der Waals surface area contributed by atoms with Crippen LogP contribution in [0.25, 0.3) is 11.1 Å². The first-order valence-corrected chi connectivity index (χ1v) is 11.0. The Balaban J connectivity index is 1.92. The highest BCUT2D eigenvalue weighted by molar-refractivity contribution is 7.89. The molecule has 0 bridgehead atoms. The SMILES string of the molecule is Cc1cc(CC(=O)c2ccc(-c3ccccc3OC(F)(F)F)c(C=O)c2)ccc1S(N)(=O)=O. The molecule has 0 saturated heterocycles. The monoisotopic (exact) mass is 477 g/mol. The molecular formula is C23H18F3NO5S. The number of hydrogen-bond donors (Lipinski definition) is 1. The Morgan fingerprint density at radius 1 is 1.03 bits per heavy atom. The highest BCUT2D eigenvalue weighted by Gasteiger charge is 2.32. The number of sulfonamides is 1. The van der Waals surface area contributed by atoms with Gasteiger partial charge in [-0.1, -0.05) is 42.5 Å². The Hall–Kier alpha value is -3.50. The number of ketones is 1. The maximum Gasteiger partial charge on any atom is 0.573 e. The summed E-state index contributed by atoms with van der Waals surface area (Å²) in [4.78, 5) is 24.4. The molecule has 3 aromatic rings. The largest absolute Gasteiger partial charge is 0.573 e. The van der Waals surface area contributed by atoms with Gasteiger partial charge in [-0.15, -0.1) is 13.2 Å². The average molecular weight is 477 g/mol. The van der Waals surface area contributed by atoms with Crippen molar-refractivity contribution >= 4 is 22.1 Å². The first kappa shape index (κ1) is 24.1. The molecule has 0 atom stereocenters. The highest BCUT2D eigenvalue weighted by Crippen LogP contribution is 2.35. The summed E-state index contributed by atoms with van der Waals surface area (Å²) < 4.78 is 65.3. The van der Waals surface area contributed by atoms with Crippen molar-refractivity contribution in [2.75, 3.05) is 0 Å². The quantitative estimate of drug-likeness (QED) is 0.400. The summed E-state index contributed by atoms with van der Waals surface area (Å²) in [6.45, 7) is 1.55. The van der Waals surface area contributed by atoms with Gasteiger partial charge in [0.05, 0.1) is 4.90 Å². The fraction of sp³-hybridized carbons (Fsp3) is 0.130. The van der Waals surface area contributed by atoms with Crippen LogP contribution in [0.2, 0.25) is 0 Å². The van der Waals surface area contributed by atoms with Crippen molar-refractivity contribution in [2.24, 2.45) is 5.14 Å². The average Bonchev–Trinajstić information content (AvgIpc) is 2.71.